The van der Waals surface area contributed by atoms with E-state index in [1.165, 1.54) is 42.5 Å². The maximum atomic E-state index is 14.0. The Morgan fingerprint density at radius 1 is 0.721 bits per heavy atom. The zero-order valence-electron chi connectivity index (χ0n) is 24.0. The molecule has 4 aromatic carbocycles. The standard InChI is InChI=1S/C33H31NO7S2/c1-4-5-20-40-32-9-7-6-8-29(32)30-22-25-21-26(14-19-31(25)41-33(30)35)34(42(36,37)27-15-10-23(2)11-16-27)43(38,39)28-17-12-24(3)13-18-28/h6-19,21-22H,4-5,20H2,1-3H3. The van der Waals surface area contributed by atoms with Crippen LogP contribution in [0.4, 0.5) is 5.69 Å². The molecule has 0 bridgehead atoms. The summed E-state index contributed by atoms with van der Waals surface area (Å²) in [7, 11) is -9.22. The molecule has 0 radical (unpaired) electrons. The summed E-state index contributed by atoms with van der Waals surface area (Å²) in [6.07, 6.45) is 1.78. The number of para-hydroxylation sites is 1. The molecule has 0 atom stereocenters. The molecule has 8 nitrogen and oxygen atoms in total. The highest BCUT2D eigenvalue weighted by Crippen LogP contribution is 2.35. The smallest absolute Gasteiger partial charge is 0.344 e. The summed E-state index contributed by atoms with van der Waals surface area (Å²) in [6, 6.07) is 24.6. The van der Waals surface area contributed by atoms with Crippen LogP contribution in [0.2, 0.25) is 0 Å². The highest BCUT2D eigenvalue weighted by Gasteiger charge is 2.37. The Morgan fingerprint density at radius 2 is 1.30 bits per heavy atom. The number of hydrogen-bond donors (Lipinski definition) is 0. The van der Waals surface area contributed by atoms with E-state index in [4.69, 9.17) is 9.15 Å². The largest absolute Gasteiger partial charge is 0.493 e. The number of benzene rings is 4. The van der Waals surface area contributed by atoms with E-state index in [0.717, 1.165) is 24.0 Å². The first-order chi connectivity index (χ1) is 20.5. The molecule has 0 aliphatic heterocycles. The number of sulfonamides is 2. The number of rotatable bonds is 10. The lowest BCUT2D eigenvalue weighted by molar-refractivity contribution is 0.310. The molecule has 0 fully saturated rings. The number of ether oxygens (including phenoxy) is 1. The second-order valence-corrected chi connectivity index (χ2v) is 14.0. The lowest BCUT2D eigenvalue weighted by Gasteiger charge is -2.24. The molecule has 222 valence electrons. The quantitative estimate of drug-likeness (QED) is 0.125. The minimum Gasteiger partial charge on any atom is -0.493 e. The van der Waals surface area contributed by atoms with Crippen LogP contribution in [0.1, 0.15) is 30.9 Å². The molecular weight excluding hydrogens is 586 g/mol. The van der Waals surface area contributed by atoms with Gasteiger partial charge in [-0.1, -0.05) is 66.9 Å². The number of aryl methyl sites for hydroxylation is 2. The van der Waals surface area contributed by atoms with Gasteiger partial charge in [0.05, 0.1) is 27.6 Å². The maximum absolute atomic E-state index is 14.0. The van der Waals surface area contributed by atoms with Gasteiger partial charge in [-0.2, -0.15) is 3.71 Å². The molecule has 5 aromatic rings. The van der Waals surface area contributed by atoms with Crippen LogP contribution in [0.5, 0.6) is 5.75 Å². The summed E-state index contributed by atoms with van der Waals surface area (Å²) in [6.45, 7) is 6.13. The Morgan fingerprint density at radius 3 is 1.88 bits per heavy atom. The van der Waals surface area contributed by atoms with E-state index in [-0.39, 0.29) is 26.6 Å². The average Bonchev–Trinajstić information content (AvgIpc) is 2.98. The van der Waals surface area contributed by atoms with Crippen molar-refractivity contribution >= 4 is 36.7 Å². The predicted molar refractivity (Wildman–Crippen MR) is 168 cm³/mol. The van der Waals surface area contributed by atoms with Crippen molar-refractivity contribution in [2.45, 2.75) is 43.4 Å². The third-order valence-corrected chi connectivity index (χ3v) is 11.1. The molecule has 0 N–H and O–H groups in total. The topological polar surface area (TPSA) is 111 Å². The molecular formula is C33H31NO7S2. The Bertz CT molecular complexity index is 1970. The fraction of sp³-hybridized carbons (Fsp3) is 0.182. The van der Waals surface area contributed by atoms with Gasteiger partial charge >= 0.3 is 5.63 Å². The highest BCUT2D eigenvalue weighted by molar-refractivity contribution is 8.10. The molecule has 1 heterocycles. The third-order valence-electron chi connectivity index (χ3n) is 6.93. The molecule has 0 aliphatic rings. The van der Waals surface area contributed by atoms with E-state index in [9.17, 15) is 21.6 Å². The van der Waals surface area contributed by atoms with Crippen molar-refractivity contribution < 1.29 is 26.0 Å². The van der Waals surface area contributed by atoms with Gasteiger partial charge in [0.15, 0.2) is 0 Å². The average molecular weight is 618 g/mol. The van der Waals surface area contributed by atoms with Crippen molar-refractivity contribution in [1.82, 2.24) is 0 Å². The summed E-state index contributed by atoms with van der Waals surface area (Å²) >= 11 is 0. The van der Waals surface area contributed by atoms with E-state index in [1.54, 1.807) is 68.4 Å². The van der Waals surface area contributed by atoms with Crippen LogP contribution >= 0.6 is 0 Å². The van der Waals surface area contributed by atoms with Gasteiger partial charge in [0.25, 0.3) is 20.0 Å². The lowest BCUT2D eigenvalue weighted by atomic mass is 10.0. The van der Waals surface area contributed by atoms with Gasteiger partial charge in [-0.3, -0.25) is 0 Å². The van der Waals surface area contributed by atoms with Gasteiger partial charge in [-0.05, 0) is 74.9 Å². The zero-order chi connectivity index (χ0) is 30.8. The second kappa shape index (κ2) is 12.1. The molecule has 0 saturated heterocycles. The van der Waals surface area contributed by atoms with Crippen LogP contribution in [-0.2, 0) is 20.0 Å². The van der Waals surface area contributed by atoms with Gasteiger partial charge in [0.1, 0.15) is 11.3 Å². The fourth-order valence-corrected chi connectivity index (χ4v) is 8.25. The molecule has 0 aliphatic carbocycles. The minimum atomic E-state index is -4.61. The Labute approximate surface area is 251 Å². The highest BCUT2D eigenvalue weighted by atomic mass is 32.3. The van der Waals surface area contributed by atoms with Crippen LogP contribution in [0.3, 0.4) is 0 Å². The van der Waals surface area contributed by atoms with Crippen LogP contribution in [0.15, 0.2) is 116 Å². The van der Waals surface area contributed by atoms with Crippen LogP contribution in [0.25, 0.3) is 22.1 Å². The number of fused-ring (bicyclic) bond motifs is 1. The molecule has 0 unspecified atom stereocenters. The van der Waals surface area contributed by atoms with Crippen molar-refractivity contribution in [2.75, 3.05) is 10.3 Å². The van der Waals surface area contributed by atoms with Crippen molar-refractivity contribution in [1.29, 1.82) is 0 Å². The summed E-state index contributed by atoms with van der Waals surface area (Å²) in [4.78, 5) is 12.7. The van der Waals surface area contributed by atoms with Crippen molar-refractivity contribution in [3.05, 3.63) is 119 Å². The van der Waals surface area contributed by atoms with E-state index in [2.05, 4.69) is 0 Å². The Hall–Kier alpha value is -4.41. The van der Waals surface area contributed by atoms with Gasteiger partial charge in [-0.15, -0.1) is 0 Å². The summed E-state index contributed by atoms with van der Waals surface area (Å²) < 4.78 is 68.1. The first-order valence-electron chi connectivity index (χ1n) is 13.8. The predicted octanol–water partition coefficient (Wildman–Crippen LogP) is 6.84. The first-order valence-corrected chi connectivity index (χ1v) is 16.6. The third kappa shape index (κ3) is 6.07. The SMILES string of the molecule is CCCCOc1ccccc1-c1cc2cc(N(S(=O)(=O)c3ccc(C)cc3)S(=O)(=O)c3ccc(C)cc3)ccc2oc1=O. The summed E-state index contributed by atoms with van der Waals surface area (Å²) in [5.74, 6) is 0.504. The number of anilines is 1. The minimum absolute atomic E-state index is 0.138. The van der Waals surface area contributed by atoms with E-state index < -0.39 is 25.7 Å². The van der Waals surface area contributed by atoms with Crippen molar-refractivity contribution in [2.24, 2.45) is 0 Å². The molecule has 43 heavy (non-hydrogen) atoms. The first kappa shape index (κ1) is 30.1. The normalized spacial score (nSPS) is 11.9. The van der Waals surface area contributed by atoms with Gasteiger partial charge < -0.3 is 9.15 Å². The van der Waals surface area contributed by atoms with Crippen molar-refractivity contribution in [3.63, 3.8) is 0 Å². The number of nitrogens with zero attached hydrogens (tertiary/aromatic N) is 1. The number of hydrogen-bond acceptors (Lipinski definition) is 7. The van der Waals surface area contributed by atoms with Crippen LogP contribution < -0.4 is 14.1 Å². The molecule has 0 saturated carbocycles. The fourth-order valence-electron chi connectivity index (χ4n) is 4.57. The van der Waals surface area contributed by atoms with Gasteiger partial charge in [0.2, 0.25) is 0 Å². The van der Waals surface area contributed by atoms with E-state index in [0.29, 0.717) is 27.0 Å². The molecule has 1 aromatic heterocycles. The molecule has 0 amide bonds. The second-order valence-electron chi connectivity index (χ2n) is 10.2. The van der Waals surface area contributed by atoms with Crippen LogP contribution in [0, 0.1) is 13.8 Å². The molecule has 10 heteroatoms. The summed E-state index contributed by atoms with van der Waals surface area (Å²) in [5.41, 5.74) is 1.77. The van der Waals surface area contributed by atoms with Gasteiger partial charge in [-0.25, -0.2) is 21.6 Å². The summed E-state index contributed by atoms with van der Waals surface area (Å²) in [5, 5.41) is 0.332. The Kier molecular flexibility index (Phi) is 8.43. The van der Waals surface area contributed by atoms with Gasteiger partial charge in [0, 0.05) is 10.9 Å². The Balaban J connectivity index is 1.70. The lowest BCUT2D eigenvalue weighted by Crippen LogP contribution is -2.37. The monoisotopic (exact) mass is 617 g/mol. The van der Waals surface area contributed by atoms with E-state index >= 15 is 0 Å². The molecule has 5 rings (SSSR count). The maximum Gasteiger partial charge on any atom is 0.344 e. The molecule has 0 spiro atoms. The van der Waals surface area contributed by atoms with Crippen LogP contribution in [-0.4, -0.2) is 23.4 Å². The van der Waals surface area contributed by atoms with E-state index in [1.807, 2.05) is 6.92 Å². The van der Waals surface area contributed by atoms with Crippen molar-refractivity contribution in [3.8, 4) is 16.9 Å². The zero-order valence-corrected chi connectivity index (χ0v) is 25.6. The number of unbranched alkanes of at least 4 members (excludes halogenated alkanes) is 1.